The van der Waals surface area contributed by atoms with Crippen LogP contribution in [0, 0.1) is 0 Å². The fraction of sp³-hybridized carbons (Fsp3) is 0.558. The molecule has 386 valence electrons. The van der Waals surface area contributed by atoms with E-state index in [9.17, 15) is 0 Å². The Morgan fingerprint density at radius 3 is 1.00 bits per heavy atom. The Balaban J connectivity index is 2.45. The average Bonchev–Trinajstić information content (AvgIpc) is 3.33. The van der Waals surface area contributed by atoms with Crippen molar-refractivity contribution in [2.24, 2.45) is 4.99 Å². The quantitative estimate of drug-likeness (QED) is 0.0401. The average molecular weight is 1030 g/mol. The van der Waals surface area contributed by atoms with Crippen molar-refractivity contribution in [3.8, 4) is 0 Å². The molecule has 0 unspecified atom stereocenters. The van der Waals surface area contributed by atoms with Crippen LogP contribution < -0.4 is 0 Å². The van der Waals surface area contributed by atoms with Crippen LogP contribution in [0.2, 0.25) is 12.1 Å². The van der Waals surface area contributed by atoms with E-state index >= 15 is 0 Å². The molecule has 0 aliphatic heterocycles. The molecule has 69 heavy (non-hydrogen) atoms. The van der Waals surface area contributed by atoms with Gasteiger partial charge in [0, 0.05) is 102 Å². The number of nitrogens with zero attached hydrogens (tertiary/aromatic N) is 1. The third-order valence-electron chi connectivity index (χ3n) is 10.8. The second-order valence-electron chi connectivity index (χ2n) is 15.3. The van der Waals surface area contributed by atoms with Gasteiger partial charge in [0.1, 0.15) is 0 Å². The summed E-state index contributed by atoms with van der Waals surface area (Å²) < 4.78 is 75.7. The van der Waals surface area contributed by atoms with E-state index in [1.807, 2.05) is 101 Å². The van der Waals surface area contributed by atoms with Crippen LogP contribution in [-0.2, 0) is 72.5 Å². The van der Waals surface area contributed by atoms with Crippen LogP contribution in [0.1, 0.15) is 122 Å². The van der Waals surface area contributed by atoms with Crippen molar-refractivity contribution in [1.82, 2.24) is 0 Å². The van der Waals surface area contributed by atoms with Gasteiger partial charge in [0.25, 0.3) is 0 Å². The third-order valence-corrected chi connectivity index (χ3v) is 22.2. The lowest BCUT2D eigenvalue weighted by Crippen LogP contribution is -2.46. The molecule has 3 aromatic rings. The summed E-state index contributed by atoms with van der Waals surface area (Å²) in [7, 11) is -12.4. The molecule has 13 nitrogen and oxygen atoms in total. The molecule has 0 saturated carbocycles. The van der Waals surface area contributed by atoms with Gasteiger partial charge < -0.3 is 53.1 Å². The highest BCUT2D eigenvalue weighted by atomic mass is 28.4. The first-order chi connectivity index (χ1) is 33.5. The first-order valence-electron chi connectivity index (χ1n) is 25.4. The van der Waals surface area contributed by atoms with Crippen LogP contribution in [0.4, 0.5) is 0 Å². The van der Waals surface area contributed by atoms with Gasteiger partial charge in [-0.3, -0.25) is 4.99 Å². The van der Waals surface area contributed by atoms with Crippen molar-refractivity contribution in [2.75, 3.05) is 79.3 Å². The SMILES string of the molecule is CCO[Si](/C=C\c1cccc(/C=C\[Si](OCC)(OCC)OCC)c1CN=C(c1ccccc1CC[Si](OCC)(OCC)OCC)c1ccccc1CC[Si](OCC)(OCC)OCC)(OCC)OCC. The van der Waals surface area contributed by atoms with E-state index < -0.39 is 35.2 Å². The molecule has 17 heteroatoms. The van der Waals surface area contributed by atoms with Crippen LogP contribution in [0.3, 0.4) is 0 Å². The molecule has 0 amide bonds. The minimum Gasteiger partial charge on any atom is -0.374 e. The molecule has 0 aliphatic carbocycles. The molecule has 0 heterocycles. The summed E-state index contributed by atoms with van der Waals surface area (Å²) >= 11 is 0. The van der Waals surface area contributed by atoms with Gasteiger partial charge >= 0.3 is 35.2 Å². The molecule has 3 aromatic carbocycles. The van der Waals surface area contributed by atoms with Gasteiger partial charge in [-0.05, 0) is 135 Å². The van der Waals surface area contributed by atoms with Crippen LogP contribution in [0.25, 0.3) is 12.2 Å². The van der Waals surface area contributed by atoms with E-state index in [2.05, 4.69) is 72.8 Å². The third kappa shape index (κ3) is 18.6. The molecule has 0 spiro atoms. The van der Waals surface area contributed by atoms with E-state index in [0.29, 0.717) is 111 Å². The maximum absolute atomic E-state index is 6.35. The normalized spacial score (nSPS) is 12.8. The number of hydrogen-bond donors (Lipinski definition) is 0. The van der Waals surface area contributed by atoms with Crippen molar-refractivity contribution >= 4 is 53.1 Å². The molecule has 0 atom stereocenters. The Kier molecular flexibility index (Phi) is 29.0. The summed E-state index contributed by atoms with van der Waals surface area (Å²) in [4.78, 5) is 5.71. The van der Waals surface area contributed by atoms with Crippen LogP contribution in [-0.4, -0.2) is 120 Å². The van der Waals surface area contributed by atoms with Crippen molar-refractivity contribution in [2.45, 2.75) is 115 Å². The van der Waals surface area contributed by atoms with Crippen molar-refractivity contribution in [3.05, 3.63) is 117 Å². The largest absolute Gasteiger partial charge is 0.529 e. The van der Waals surface area contributed by atoms with Crippen LogP contribution >= 0.6 is 0 Å². The topological polar surface area (TPSA) is 123 Å². The predicted molar refractivity (Wildman–Crippen MR) is 286 cm³/mol. The van der Waals surface area contributed by atoms with Gasteiger partial charge in [-0.15, -0.1) is 0 Å². The summed E-state index contributed by atoms with van der Waals surface area (Å²) in [5, 5.41) is 0. The highest BCUT2D eigenvalue weighted by molar-refractivity contribution is 6.67. The second kappa shape index (κ2) is 33.0. The van der Waals surface area contributed by atoms with Crippen molar-refractivity contribution in [3.63, 3.8) is 0 Å². The highest BCUT2D eigenvalue weighted by Gasteiger charge is 2.42. The van der Waals surface area contributed by atoms with Gasteiger partial charge in [-0.25, -0.2) is 0 Å². The smallest absolute Gasteiger partial charge is 0.374 e. The second-order valence-corrected chi connectivity index (χ2v) is 25.6. The van der Waals surface area contributed by atoms with E-state index in [0.717, 1.165) is 44.7 Å². The summed E-state index contributed by atoms with van der Waals surface area (Å²) in [6, 6.07) is 24.5. The van der Waals surface area contributed by atoms with E-state index in [-0.39, 0.29) is 0 Å². The zero-order valence-electron chi connectivity index (χ0n) is 44.0. The molecular weight excluding hydrogens is 943 g/mol. The number of aliphatic imine (C=N–C) groups is 1. The molecule has 0 aliphatic rings. The molecule has 0 bridgehead atoms. The van der Waals surface area contributed by atoms with Gasteiger partial charge in [-0.2, -0.15) is 0 Å². The van der Waals surface area contributed by atoms with Crippen LogP contribution in [0.15, 0.2) is 83.1 Å². The van der Waals surface area contributed by atoms with Gasteiger partial charge in [-0.1, -0.05) is 78.9 Å². The minimum atomic E-state index is -3.19. The Morgan fingerprint density at radius 2 is 0.696 bits per heavy atom. The molecule has 0 fully saturated rings. The monoisotopic (exact) mass is 1030 g/mol. The lowest BCUT2D eigenvalue weighted by molar-refractivity contribution is 0.0706. The van der Waals surface area contributed by atoms with Gasteiger partial charge in [0.2, 0.25) is 0 Å². The minimum absolute atomic E-state index is 0.308. The number of hydrogen-bond acceptors (Lipinski definition) is 13. The van der Waals surface area contributed by atoms with E-state index in [1.54, 1.807) is 0 Å². The lowest BCUT2D eigenvalue weighted by atomic mass is 9.92. The molecular formula is C52H85NO12Si4. The number of aryl methyl sites for hydroxylation is 2. The fourth-order valence-corrected chi connectivity index (χ4v) is 17.7. The standard InChI is InChI=1S/C52H85NO12Si4/c1-13-54-66(55-14-2,56-15-3)40-36-45-30-25-27-34-49(45)52(50-35-28-26-31-46(50)37-41-67(57-16-4,58-17-5)59-18-6)53-44-51-47(38-42-68(60-19-7,61-20-8)62-21-9)32-29-33-48(51)39-43-69(63-22-10,64-23-11)65-24-12/h25-35,38-39,42-43H,13-24,36-37,40-41,44H2,1-12H3/b42-38-,43-39-. The number of benzene rings is 3. The van der Waals surface area contributed by atoms with Gasteiger partial charge in [0.15, 0.2) is 0 Å². The molecule has 3 rings (SSSR count). The van der Waals surface area contributed by atoms with Crippen molar-refractivity contribution < 1.29 is 53.1 Å². The first-order valence-corrected chi connectivity index (χ1v) is 32.9. The van der Waals surface area contributed by atoms with Crippen molar-refractivity contribution in [1.29, 1.82) is 0 Å². The molecule has 0 saturated heterocycles. The van der Waals surface area contributed by atoms with E-state index in [1.165, 1.54) is 0 Å². The Labute approximate surface area is 420 Å². The molecule has 0 radical (unpaired) electrons. The van der Waals surface area contributed by atoms with Crippen LogP contribution in [0.5, 0.6) is 0 Å². The Morgan fingerprint density at radius 1 is 0.391 bits per heavy atom. The zero-order chi connectivity index (χ0) is 50.4. The summed E-state index contributed by atoms with van der Waals surface area (Å²) in [5.74, 6) is 0. The fourth-order valence-electron chi connectivity index (χ4n) is 8.24. The van der Waals surface area contributed by atoms with Gasteiger partial charge in [0.05, 0.1) is 12.3 Å². The first kappa shape index (κ1) is 60.5. The highest BCUT2D eigenvalue weighted by Crippen LogP contribution is 2.29. The summed E-state index contributed by atoms with van der Waals surface area (Å²) in [6.45, 7) is 29.7. The number of rotatable bonds is 38. The summed E-state index contributed by atoms with van der Waals surface area (Å²) in [6.07, 6.45) is 5.44. The predicted octanol–water partition coefficient (Wildman–Crippen LogP) is 11.1. The maximum atomic E-state index is 6.35. The maximum Gasteiger partial charge on any atom is 0.529 e. The Bertz CT molecular complexity index is 1790. The van der Waals surface area contributed by atoms with E-state index in [4.69, 9.17) is 58.1 Å². The zero-order valence-corrected chi connectivity index (χ0v) is 48.0. The lowest BCUT2D eigenvalue weighted by Gasteiger charge is -2.29. The summed E-state index contributed by atoms with van der Waals surface area (Å²) in [5.41, 5.74) is 11.9. The Hall–Kier alpha value is -2.80. The molecule has 0 N–H and O–H groups in total. The molecule has 0 aromatic heterocycles.